The van der Waals surface area contributed by atoms with Crippen LogP contribution in [0.1, 0.15) is 6.92 Å². The first-order chi connectivity index (χ1) is 4.33. The highest BCUT2D eigenvalue weighted by atomic mass is 19.3. The number of carbonyl (C=O) groups is 1. The number of rotatable bonds is 1. The maximum absolute atomic E-state index is 11.6. The van der Waals surface area contributed by atoms with Crippen molar-refractivity contribution in [2.75, 3.05) is 0 Å². The van der Waals surface area contributed by atoms with Gasteiger partial charge in [0.15, 0.2) is 0 Å². The number of hydrogen-bond acceptors (Lipinski definition) is 2. The maximum atomic E-state index is 11.6. The van der Waals surface area contributed by atoms with Crippen molar-refractivity contribution in [1.82, 2.24) is 5.29 Å². The summed E-state index contributed by atoms with van der Waals surface area (Å²) in [5.74, 6) is 0. The van der Waals surface area contributed by atoms with E-state index >= 15 is 0 Å². The van der Waals surface area contributed by atoms with E-state index in [-0.39, 0.29) is 6.92 Å². The normalized spacial score (nSPS) is 10.9. The van der Waals surface area contributed by atoms with E-state index < -0.39 is 17.5 Å². The number of halogens is 3. The molecular weight excluding hydrogens is 155 g/mol. The molecule has 0 N–H and O–H groups in total. The molecule has 0 saturated heterocycles. The summed E-state index contributed by atoms with van der Waals surface area (Å²) in [6, 6.07) is 0. The van der Waals surface area contributed by atoms with Crippen LogP contribution >= 0.6 is 0 Å². The zero-order valence-electron chi connectivity index (χ0n) is 4.81. The monoisotopic (exact) mass is 158 g/mol. The number of hydrogen-bond donors (Lipinski definition) is 0. The fourth-order valence-corrected chi connectivity index (χ4v) is 0.189. The maximum Gasteiger partial charge on any atom is 0.471 e. The molecule has 0 aromatic heterocycles. The summed E-state index contributed by atoms with van der Waals surface area (Å²) in [5.41, 5.74) is 0. The Morgan fingerprint density at radius 2 is 2.00 bits per heavy atom. The minimum Gasteiger partial charge on any atom is -0.381 e. The molecule has 0 fully saturated rings. The van der Waals surface area contributed by atoms with Gasteiger partial charge in [0.05, 0.1) is 0 Å². The summed E-state index contributed by atoms with van der Waals surface area (Å²) in [6.45, 7) is 0.203. The van der Waals surface area contributed by atoms with Crippen LogP contribution in [-0.4, -0.2) is 17.5 Å². The van der Waals surface area contributed by atoms with Gasteiger partial charge in [0.1, 0.15) is 0 Å². The van der Waals surface area contributed by atoms with Gasteiger partial charge < -0.3 is 4.74 Å². The van der Waals surface area contributed by atoms with Crippen LogP contribution in [0.3, 0.4) is 0 Å². The van der Waals surface area contributed by atoms with Gasteiger partial charge in [-0.05, 0) is 5.21 Å². The van der Waals surface area contributed by atoms with Gasteiger partial charge in [-0.2, -0.15) is 8.78 Å². The third-order valence-electron chi connectivity index (χ3n) is 0.410. The van der Waals surface area contributed by atoms with Gasteiger partial charge in [-0.1, -0.05) is 4.48 Å². The van der Waals surface area contributed by atoms with Gasteiger partial charge >= 0.3 is 12.2 Å². The van der Waals surface area contributed by atoms with Crippen LogP contribution in [-0.2, 0) is 9.94 Å². The molecule has 7 heteroatoms. The van der Waals surface area contributed by atoms with E-state index in [4.69, 9.17) is 0 Å². The molecule has 59 valence electrons. The Labute approximate surface area is 53.7 Å². The topological polar surface area (TPSA) is 49.4 Å². The standard InChI is InChI=1S/C3H3F3NO3/c1-3(4,5)10-2(8)7(6)9/h1H3. The van der Waals surface area contributed by atoms with Gasteiger partial charge in [0, 0.05) is 12.2 Å². The van der Waals surface area contributed by atoms with Crippen LogP contribution < -0.4 is 0 Å². The molecule has 0 spiro atoms. The number of carbonyl (C=O) groups excluding carboxylic acids is 1. The first-order valence-corrected chi connectivity index (χ1v) is 2.07. The summed E-state index contributed by atoms with van der Waals surface area (Å²) in [5, 5.41) is 7.44. The van der Waals surface area contributed by atoms with E-state index in [1.54, 1.807) is 0 Å². The van der Waals surface area contributed by atoms with E-state index in [9.17, 15) is 23.3 Å². The number of nitrogens with zero attached hydrogens (tertiary/aromatic N) is 1. The second-order valence-corrected chi connectivity index (χ2v) is 1.42. The zero-order chi connectivity index (χ0) is 8.36. The van der Waals surface area contributed by atoms with Crippen molar-refractivity contribution < 1.29 is 28.0 Å². The van der Waals surface area contributed by atoms with Gasteiger partial charge in [-0.3, -0.25) is 0 Å². The highest BCUT2D eigenvalue weighted by molar-refractivity contribution is 5.64. The Kier molecular flexibility index (Phi) is 2.47. The van der Waals surface area contributed by atoms with Gasteiger partial charge in [0.2, 0.25) is 0 Å². The van der Waals surface area contributed by atoms with E-state index in [1.165, 1.54) is 0 Å². The molecule has 0 aliphatic rings. The summed E-state index contributed by atoms with van der Waals surface area (Å²) >= 11 is 0. The molecule has 4 nitrogen and oxygen atoms in total. The second-order valence-electron chi connectivity index (χ2n) is 1.42. The number of amides is 1. The van der Waals surface area contributed by atoms with Crippen LogP contribution in [0.25, 0.3) is 0 Å². The summed E-state index contributed by atoms with van der Waals surface area (Å²) in [7, 11) is 0. The highest BCUT2D eigenvalue weighted by Gasteiger charge is 2.30. The molecule has 0 aliphatic carbocycles. The number of alkyl halides is 2. The molecule has 0 aliphatic heterocycles. The lowest BCUT2D eigenvalue weighted by molar-refractivity contribution is -0.281. The van der Waals surface area contributed by atoms with Crippen molar-refractivity contribution in [3.8, 4) is 0 Å². The van der Waals surface area contributed by atoms with Gasteiger partial charge in [-0.15, -0.1) is 0 Å². The average molecular weight is 158 g/mol. The van der Waals surface area contributed by atoms with Crippen molar-refractivity contribution in [3.05, 3.63) is 0 Å². The lowest BCUT2D eigenvalue weighted by Crippen LogP contribution is -2.27. The summed E-state index contributed by atoms with van der Waals surface area (Å²) in [4.78, 5) is 9.69. The zero-order valence-corrected chi connectivity index (χ0v) is 4.81. The van der Waals surface area contributed by atoms with Crippen LogP contribution in [0.5, 0.6) is 0 Å². The first-order valence-electron chi connectivity index (χ1n) is 2.07. The number of ether oxygens (including phenoxy) is 1. The lowest BCUT2D eigenvalue weighted by Gasteiger charge is -2.09. The van der Waals surface area contributed by atoms with Crippen molar-refractivity contribution in [3.63, 3.8) is 0 Å². The summed E-state index contributed by atoms with van der Waals surface area (Å²) < 4.78 is 37.2. The smallest absolute Gasteiger partial charge is 0.381 e. The minimum atomic E-state index is -3.83. The molecule has 1 radical (unpaired) electrons. The fourth-order valence-electron chi connectivity index (χ4n) is 0.189. The molecule has 0 aromatic rings. The molecule has 0 heterocycles. The highest BCUT2D eigenvalue weighted by Crippen LogP contribution is 2.14. The number of hydroxylamine groups is 1. The molecule has 0 atom stereocenters. The van der Waals surface area contributed by atoms with Crippen LogP contribution in [0.4, 0.5) is 18.1 Å². The predicted molar refractivity (Wildman–Crippen MR) is 20.7 cm³/mol. The molecule has 0 rings (SSSR count). The fraction of sp³-hybridized carbons (Fsp3) is 0.667. The molecule has 0 saturated carbocycles. The molecule has 0 unspecified atom stereocenters. The van der Waals surface area contributed by atoms with Crippen LogP contribution in [0.15, 0.2) is 0 Å². The first kappa shape index (κ1) is 9.02. The second kappa shape index (κ2) is 2.74. The molecular formula is C3H3F3NO3. The van der Waals surface area contributed by atoms with E-state index in [1.807, 2.05) is 0 Å². The van der Waals surface area contributed by atoms with Crippen molar-refractivity contribution >= 4 is 6.09 Å². The predicted octanol–water partition coefficient (Wildman–Crippen LogP) is 1.27. The van der Waals surface area contributed by atoms with E-state index in [0.29, 0.717) is 0 Å². The average Bonchev–Trinajstić information content (AvgIpc) is 1.60. The Morgan fingerprint density at radius 1 is 1.60 bits per heavy atom. The third-order valence-corrected chi connectivity index (χ3v) is 0.410. The van der Waals surface area contributed by atoms with Gasteiger partial charge in [0.25, 0.3) is 0 Å². The molecule has 1 amide bonds. The van der Waals surface area contributed by atoms with E-state index in [0.717, 1.165) is 0 Å². The SMILES string of the molecule is CC(F)(F)OC(=O)N([O])F. The third kappa shape index (κ3) is 3.96. The van der Waals surface area contributed by atoms with Crippen molar-refractivity contribution in [2.45, 2.75) is 13.0 Å². The molecule has 10 heavy (non-hydrogen) atoms. The Bertz CT molecular complexity index is 131. The van der Waals surface area contributed by atoms with Crippen LogP contribution in [0, 0.1) is 0 Å². The summed E-state index contributed by atoms with van der Waals surface area (Å²) in [6.07, 6.45) is -6.10. The van der Waals surface area contributed by atoms with E-state index in [2.05, 4.69) is 4.74 Å². The quantitative estimate of drug-likeness (QED) is 0.426. The van der Waals surface area contributed by atoms with Gasteiger partial charge in [-0.25, -0.2) is 4.79 Å². The molecule has 0 bridgehead atoms. The Balaban J connectivity index is 3.81. The molecule has 0 aromatic carbocycles. The van der Waals surface area contributed by atoms with Crippen molar-refractivity contribution in [2.24, 2.45) is 0 Å². The Morgan fingerprint density at radius 3 is 2.10 bits per heavy atom. The van der Waals surface area contributed by atoms with Crippen molar-refractivity contribution in [1.29, 1.82) is 0 Å². The Hall–Kier alpha value is -0.980. The lowest BCUT2D eigenvalue weighted by atomic mass is 10.7. The largest absolute Gasteiger partial charge is 0.471 e. The minimum absolute atomic E-state index is 0.203. The van der Waals surface area contributed by atoms with Crippen LogP contribution in [0.2, 0.25) is 0 Å².